The van der Waals surface area contributed by atoms with Crippen LogP contribution in [0.5, 0.6) is 5.75 Å². The summed E-state index contributed by atoms with van der Waals surface area (Å²) in [6.07, 6.45) is 1.74. The fraction of sp³-hybridized carbons (Fsp3) is 0.176. The lowest BCUT2D eigenvalue weighted by Gasteiger charge is -2.13. The van der Waals surface area contributed by atoms with E-state index in [4.69, 9.17) is 4.74 Å². The summed E-state index contributed by atoms with van der Waals surface area (Å²) in [5.74, 6) is -1.84. The predicted octanol–water partition coefficient (Wildman–Crippen LogP) is 4.80. The van der Waals surface area contributed by atoms with Crippen LogP contribution in [0.1, 0.15) is 22.3 Å². The molecule has 0 aliphatic rings. The van der Waals surface area contributed by atoms with Gasteiger partial charge in [0.2, 0.25) is 5.82 Å². The van der Waals surface area contributed by atoms with Crippen LogP contribution in [-0.2, 0) is 6.61 Å². The van der Waals surface area contributed by atoms with E-state index in [-0.39, 0.29) is 12.4 Å². The summed E-state index contributed by atoms with van der Waals surface area (Å²) in [7, 11) is 0. The molecule has 0 aliphatic heterocycles. The molecule has 3 heteroatoms. The van der Waals surface area contributed by atoms with E-state index in [0.717, 1.165) is 11.1 Å². The normalized spacial score (nSPS) is 10.4. The van der Waals surface area contributed by atoms with Crippen molar-refractivity contribution in [3.8, 4) is 5.75 Å². The maximum absolute atomic E-state index is 13.8. The summed E-state index contributed by atoms with van der Waals surface area (Å²) in [5, 5.41) is 0. The van der Waals surface area contributed by atoms with Crippen LogP contribution in [-0.4, -0.2) is 0 Å². The van der Waals surface area contributed by atoms with Crippen molar-refractivity contribution in [2.24, 2.45) is 0 Å². The van der Waals surface area contributed by atoms with Crippen LogP contribution in [0.25, 0.3) is 6.08 Å². The molecule has 0 saturated carbocycles. The number of ether oxygens (including phenoxy) is 1. The average molecular weight is 274 g/mol. The first kappa shape index (κ1) is 14.3. The Bertz CT molecular complexity index is 604. The number of halogens is 2. The van der Waals surface area contributed by atoms with E-state index in [1.54, 1.807) is 19.9 Å². The van der Waals surface area contributed by atoms with Crippen molar-refractivity contribution in [2.75, 3.05) is 0 Å². The Morgan fingerprint density at radius 3 is 2.40 bits per heavy atom. The van der Waals surface area contributed by atoms with Gasteiger partial charge in [-0.05, 0) is 42.2 Å². The summed E-state index contributed by atoms with van der Waals surface area (Å²) in [5.41, 5.74) is 3.17. The summed E-state index contributed by atoms with van der Waals surface area (Å²) in [6, 6.07) is 8.71. The maximum Gasteiger partial charge on any atom is 0.200 e. The van der Waals surface area contributed by atoms with E-state index in [1.165, 1.54) is 6.07 Å². The molecule has 2 aromatic carbocycles. The third-order valence-electron chi connectivity index (χ3n) is 3.28. The third kappa shape index (κ3) is 2.87. The minimum Gasteiger partial charge on any atom is -0.485 e. The fourth-order valence-electron chi connectivity index (χ4n) is 1.89. The molecule has 20 heavy (non-hydrogen) atoms. The molecule has 0 unspecified atom stereocenters. The van der Waals surface area contributed by atoms with Gasteiger partial charge in [0.15, 0.2) is 11.6 Å². The highest BCUT2D eigenvalue weighted by molar-refractivity contribution is 5.47. The SMILES string of the molecule is C=Cc1ccc(COc2c(C)c(C)cc(F)c2F)cc1. The maximum atomic E-state index is 13.8. The van der Waals surface area contributed by atoms with Gasteiger partial charge < -0.3 is 4.74 Å². The highest BCUT2D eigenvalue weighted by Gasteiger charge is 2.15. The van der Waals surface area contributed by atoms with E-state index >= 15 is 0 Å². The van der Waals surface area contributed by atoms with E-state index in [1.807, 2.05) is 24.3 Å². The molecule has 104 valence electrons. The quantitative estimate of drug-likeness (QED) is 0.778. The molecule has 0 aliphatic carbocycles. The molecule has 0 heterocycles. The second-order valence-electron chi connectivity index (χ2n) is 4.68. The summed E-state index contributed by atoms with van der Waals surface area (Å²) in [6.45, 7) is 7.31. The van der Waals surface area contributed by atoms with Gasteiger partial charge in [0.05, 0.1) is 0 Å². The van der Waals surface area contributed by atoms with Crippen LogP contribution in [0.3, 0.4) is 0 Å². The lowest BCUT2D eigenvalue weighted by atomic mass is 10.1. The molecule has 0 bridgehead atoms. The molecule has 0 aromatic heterocycles. The zero-order valence-electron chi connectivity index (χ0n) is 11.5. The Balaban J connectivity index is 2.20. The Morgan fingerprint density at radius 1 is 1.15 bits per heavy atom. The number of aryl methyl sites for hydroxylation is 1. The molecule has 0 saturated heterocycles. The first-order chi connectivity index (χ1) is 9.52. The Labute approximate surface area is 117 Å². The largest absolute Gasteiger partial charge is 0.485 e. The first-order valence-corrected chi connectivity index (χ1v) is 6.32. The van der Waals surface area contributed by atoms with Gasteiger partial charge >= 0.3 is 0 Å². The Morgan fingerprint density at radius 2 is 1.80 bits per heavy atom. The van der Waals surface area contributed by atoms with Crippen molar-refractivity contribution in [2.45, 2.75) is 20.5 Å². The standard InChI is InChI=1S/C17H16F2O/c1-4-13-5-7-14(8-6-13)10-20-17-12(3)11(2)9-15(18)16(17)19/h4-9H,1,10H2,2-3H3. The molecule has 0 spiro atoms. The van der Waals surface area contributed by atoms with Gasteiger partial charge in [0.25, 0.3) is 0 Å². The van der Waals surface area contributed by atoms with E-state index in [2.05, 4.69) is 6.58 Å². The number of hydrogen-bond donors (Lipinski definition) is 0. The smallest absolute Gasteiger partial charge is 0.200 e. The molecule has 0 amide bonds. The Hall–Kier alpha value is -2.16. The molecule has 0 radical (unpaired) electrons. The van der Waals surface area contributed by atoms with Gasteiger partial charge in [-0.15, -0.1) is 0 Å². The predicted molar refractivity (Wildman–Crippen MR) is 76.7 cm³/mol. The van der Waals surface area contributed by atoms with Crippen molar-refractivity contribution in [1.29, 1.82) is 0 Å². The van der Waals surface area contributed by atoms with Crippen molar-refractivity contribution in [1.82, 2.24) is 0 Å². The van der Waals surface area contributed by atoms with Crippen LogP contribution in [0.2, 0.25) is 0 Å². The van der Waals surface area contributed by atoms with Gasteiger partial charge in [0, 0.05) is 0 Å². The third-order valence-corrected chi connectivity index (χ3v) is 3.28. The van der Waals surface area contributed by atoms with Crippen molar-refractivity contribution in [3.63, 3.8) is 0 Å². The highest BCUT2D eigenvalue weighted by Crippen LogP contribution is 2.28. The second-order valence-corrected chi connectivity index (χ2v) is 4.68. The van der Waals surface area contributed by atoms with Gasteiger partial charge in [-0.1, -0.05) is 36.9 Å². The first-order valence-electron chi connectivity index (χ1n) is 6.32. The number of hydrogen-bond acceptors (Lipinski definition) is 1. The van der Waals surface area contributed by atoms with E-state index < -0.39 is 11.6 Å². The molecule has 0 atom stereocenters. The van der Waals surface area contributed by atoms with Gasteiger partial charge in [-0.2, -0.15) is 4.39 Å². The number of rotatable bonds is 4. The van der Waals surface area contributed by atoms with Gasteiger partial charge in [-0.3, -0.25) is 0 Å². The summed E-state index contributed by atoms with van der Waals surface area (Å²) >= 11 is 0. The Kier molecular flexibility index (Phi) is 4.18. The lowest BCUT2D eigenvalue weighted by molar-refractivity contribution is 0.282. The summed E-state index contributed by atoms with van der Waals surface area (Å²) in [4.78, 5) is 0. The van der Waals surface area contributed by atoms with Crippen LogP contribution in [0, 0.1) is 25.5 Å². The van der Waals surface area contributed by atoms with E-state index in [9.17, 15) is 8.78 Å². The van der Waals surface area contributed by atoms with Crippen molar-refractivity contribution >= 4 is 6.08 Å². The van der Waals surface area contributed by atoms with Gasteiger partial charge in [-0.25, -0.2) is 4.39 Å². The molecular weight excluding hydrogens is 258 g/mol. The monoisotopic (exact) mass is 274 g/mol. The second kappa shape index (κ2) is 5.87. The lowest BCUT2D eigenvalue weighted by Crippen LogP contribution is -2.02. The van der Waals surface area contributed by atoms with Crippen molar-refractivity contribution in [3.05, 3.63) is 70.8 Å². The average Bonchev–Trinajstić information content (AvgIpc) is 2.46. The fourth-order valence-corrected chi connectivity index (χ4v) is 1.89. The molecule has 0 N–H and O–H groups in total. The molecule has 0 fully saturated rings. The zero-order chi connectivity index (χ0) is 14.7. The number of benzene rings is 2. The molecule has 2 rings (SSSR count). The van der Waals surface area contributed by atoms with Crippen LogP contribution < -0.4 is 4.74 Å². The van der Waals surface area contributed by atoms with Crippen LogP contribution in [0.15, 0.2) is 36.9 Å². The zero-order valence-corrected chi connectivity index (χ0v) is 11.5. The van der Waals surface area contributed by atoms with Gasteiger partial charge in [0.1, 0.15) is 6.61 Å². The topological polar surface area (TPSA) is 9.23 Å². The summed E-state index contributed by atoms with van der Waals surface area (Å²) < 4.78 is 32.6. The minimum absolute atomic E-state index is 0.0182. The molecular formula is C17H16F2O. The van der Waals surface area contributed by atoms with E-state index in [0.29, 0.717) is 11.1 Å². The van der Waals surface area contributed by atoms with Crippen LogP contribution in [0.4, 0.5) is 8.78 Å². The minimum atomic E-state index is -0.934. The molecule has 1 nitrogen and oxygen atoms in total. The highest BCUT2D eigenvalue weighted by atomic mass is 19.2. The van der Waals surface area contributed by atoms with Crippen molar-refractivity contribution < 1.29 is 13.5 Å². The van der Waals surface area contributed by atoms with Crippen LogP contribution >= 0.6 is 0 Å². The molecule has 2 aromatic rings.